The lowest BCUT2D eigenvalue weighted by molar-refractivity contribution is 0.0958. The lowest BCUT2D eigenvalue weighted by Crippen LogP contribution is -2.33. The summed E-state index contributed by atoms with van der Waals surface area (Å²) in [5, 5.41) is 5.44. The number of hydrogen-bond acceptors (Lipinski definition) is 6. The van der Waals surface area contributed by atoms with Crippen molar-refractivity contribution in [1.82, 2.24) is 10.3 Å². The minimum atomic E-state index is -0.288. The van der Waals surface area contributed by atoms with Crippen molar-refractivity contribution in [2.75, 3.05) is 38.0 Å². The molecule has 0 bridgehead atoms. The number of methoxy groups -OCH3 is 2. The van der Waals surface area contributed by atoms with Gasteiger partial charge in [-0.1, -0.05) is 0 Å². The zero-order valence-corrected chi connectivity index (χ0v) is 18.5. The highest BCUT2D eigenvalue weighted by Gasteiger charge is 2.26. The highest BCUT2D eigenvalue weighted by Crippen LogP contribution is 2.35. The van der Waals surface area contributed by atoms with Gasteiger partial charge in [0.25, 0.3) is 5.91 Å². The van der Waals surface area contributed by atoms with Crippen molar-refractivity contribution in [3.8, 4) is 23.0 Å². The van der Waals surface area contributed by atoms with Crippen LogP contribution >= 0.6 is 0 Å². The molecule has 2 heterocycles. The average Bonchev–Trinajstić information content (AvgIpc) is 3.27. The Balaban J connectivity index is 1.50. The van der Waals surface area contributed by atoms with E-state index < -0.39 is 0 Å². The molecule has 0 radical (unpaired) electrons. The number of pyridine rings is 1. The second kappa shape index (κ2) is 9.47. The number of benzene rings is 2. The van der Waals surface area contributed by atoms with Gasteiger partial charge in [0, 0.05) is 37.6 Å². The van der Waals surface area contributed by atoms with E-state index in [0.717, 1.165) is 11.3 Å². The van der Waals surface area contributed by atoms with Crippen molar-refractivity contribution < 1.29 is 23.8 Å². The number of carbonyl (C=O) groups is 2. The Kier molecular flexibility index (Phi) is 6.30. The summed E-state index contributed by atoms with van der Waals surface area (Å²) >= 11 is 0. The van der Waals surface area contributed by atoms with Gasteiger partial charge in [0.15, 0.2) is 0 Å². The number of aromatic nitrogens is 1. The van der Waals surface area contributed by atoms with E-state index in [-0.39, 0.29) is 17.6 Å². The van der Waals surface area contributed by atoms with E-state index in [4.69, 9.17) is 14.2 Å². The molecule has 3 aromatic rings. The number of urea groups is 1. The van der Waals surface area contributed by atoms with Crippen LogP contribution in [-0.4, -0.2) is 44.7 Å². The van der Waals surface area contributed by atoms with E-state index in [2.05, 4.69) is 15.6 Å². The first kappa shape index (κ1) is 21.9. The molecule has 170 valence electrons. The largest absolute Gasteiger partial charge is 0.497 e. The third-order valence-electron chi connectivity index (χ3n) is 5.27. The van der Waals surface area contributed by atoms with Crippen LogP contribution in [0.3, 0.4) is 0 Å². The van der Waals surface area contributed by atoms with Gasteiger partial charge in [-0.25, -0.2) is 4.79 Å². The summed E-state index contributed by atoms with van der Waals surface area (Å²) in [5.41, 5.74) is 2.59. The maximum absolute atomic E-state index is 13.0. The summed E-state index contributed by atoms with van der Waals surface area (Å²) in [5.74, 6) is 1.98. The van der Waals surface area contributed by atoms with Crippen molar-refractivity contribution in [2.45, 2.75) is 6.42 Å². The minimum absolute atomic E-state index is 0.265. The lowest BCUT2D eigenvalue weighted by Gasteiger charge is -2.20. The van der Waals surface area contributed by atoms with E-state index in [0.29, 0.717) is 41.7 Å². The monoisotopic (exact) mass is 448 g/mol. The summed E-state index contributed by atoms with van der Waals surface area (Å²) in [6.45, 7) is 0.535. The fourth-order valence-electron chi connectivity index (χ4n) is 3.61. The van der Waals surface area contributed by atoms with Crippen LogP contribution < -0.4 is 29.7 Å². The molecule has 33 heavy (non-hydrogen) atoms. The molecule has 0 unspecified atom stereocenters. The molecule has 0 saturated heterocycles. The van der Waals surface area contributed by atoms with Crippen LogP contribution in [0.25, 0.3) is 0 Å². The van der Waals surface area contributed by atoms with E-state index >= 15 is 0 Å². The maximum atomic E-state index is 13.0. The second-order valence-electron chi connectivity index (χ2n) is 7.25. The van der Waals surface area contributed by atoms with Crippen molar-refractivity contribution >= 4 is 23.3 Å². The molecule has 1 aromatic heterocycles. The van der Waals surface area contributed by atoms with Gasteiger partial charge in [-0.2, -0.15) is 0 Å². The summed E-state index contributed by atoms with van der Waals surface area (Å²) < 4.78 is 16.5. The van der Waals surface area contributed by atoms with Gasteiger partial charge in [0.2, 0.25) is 0 Å². The Morgan fingerprint density at radius 1 is 0.970 bits per heavy atom. The standard InChI is InChI=1S/C24H24N4O5/c1-25-23(29)20-14-18(8-10-26-20)33-17-4-6-21-15(12-17)9-11-28(21)24(30)27-19-13-16(31-2)5-7-22(19)32-3/h4-8,10,12-14H,9,11H2,1-3H3,(H,25,29)(H,27,30). The molecule has 2 aromatic carbocycles. The highest BCUT2D eigenvalue weighted by molar-refractivity contribution is 6.04. The molecule has 0 fully saturated rings. The normalized spacial score (nSPS) is 12.0. The smallest absolute Gasteiger partial charge is 0.326 e. The van der Waals surface area contributed by atoms with Crippen molar-refractivity contribution in [3.05, 3.63) is 66.0 Å². The Morgan fingerprint density at radius 2 is 1.76 bits per heavy atom. The molecule has 9 nitrogen and oxygen atoms in total. The first-order valence-electron chi connectivity index (χ1n) is 10.3. The number of anilines is 2. The maximum Gasteiger partial charge on any atom is 0.326 e. The van der Waals surface area contributed by atoms with Gasteiger partial charge >= 0.3 is 6.03 Å². The van der Waals surface area contributed by atoms with Gasteiger partial charge < -0.3 is 24.8 Å². The van der Waals surface area contributed by atoms with Gasteiger partial charge in [0.05, 0.1) is 19.9 Å². The molecule has 0 spiro atoms. The third kappa shape index (κ3) is 4.67. The Morgan fingerprint density at radius 3 is 2.52 bits per heavy atom. The van der Waals surface area contributed by atoms with Gasteiger partial charge in [-0.05, 0) is 48.4 Å². The number of hydrogen-bond donors (Lipinski definition) is 2. The molecule has 1 aliphatic heterocycles. The van der Waals surface area contributed by atoms with Crippen LogP contribution in [-0.2, 0) is 6.42 Å². The SMILES string of the molecule is CNC(=O)c1cc(Oc2ccc3c(c2)CCN3C(=O)Nc2cc(OC)ccc2OC)ccn1. The fourth-order valence-corrected chi connectivity index (χ4v) is 3.61. The van der Waals surface area contributed by atoms with Crippen molar-refractivity contribution in [2.24, 2.45) is 0 Å². The van der Waals surface area contributed by atoms with E-state index in [9.17, 15) is 9.59 Å². The van der Waals surface area contributed by atoms with Crippen LogP contribution in [0.15, 0.2) is 54.7 Å². The molecular weight excluding hydrogens is 424 g/mol. The second-order valence-corrected chi connectivity index (χ2v) is 7.25. The number of rotatable bonds is 6. The lowest BCUT2D eigenvalue weighted by atomic mass is 10.1. The summed E-state index contributed by atoms with van der Waals surface area (Å²) in [7, 11) is 4.66. The summed E-state index contributed by atoms with van der Waals surface area (Å²) in [4.78, 5) is 30.5. The number of nitrogens with one attached hydrogen (secondary N) is 2. The molecule has 2 N–H and O–H groups in total. The number of ether oxygens (including phenoxy) is 3. The van der Waals surface area contributed by atoms with E-state index in [1.165, 1.54) is 6.20 Å². The molecule has 0 saturated carbocycles. The average molecular weight is 448 g/mol. The molecular formula is C24H24N4O5. The molecule has 1 aliphatic rings. The van der Waals surface area contributed by atoms with Crippen LogP contribution in [0.5, 0.6) is 23.0 Å². The Hall–Kier alpha value is -4.27. The number of amides is 3. The Labute approximate surface area is 191 Å². The van der Waals surface area contributed by atoms with Crippen LogP contribution in [0.4, 0.5) is 16.2 Å². The van der Waals surface area contributed by atoms with E-state index in [1.54, 1.807) is 62.6 Å². The van der Waals surface area contributed by atoms with Crippen molar-refractivity contribution in [1.29, 1.82) is 0 Å². The number of carbonyl (C=O) groups excluding carboxylic acids is 2. The van der Waals surface area contributed by atoms with Gasteiger partial charge in [-0.15, -0.1) is 0 Å². The van der Waals surface area contributed by atoms with Crippen LogP contribution in [0.2, 0.25) is 0 Å². The predicted molar refractivity (Wildman–Crippen MR) is 124 cm³/mol. The molecule has 3 amide bonds. The zero-order valence-electron chi connectivity index (χ0n) is 18.5. The highest BCUT2D eigenvalue weighted by atomic mass is 16.5. The Bertz CT molecular complexity index is 1200. The first-order chi connectivity index (χ1) is 16.0. The topological polar surface area (TPSA) is 102 Å². The summed E-state index contributed by atoms with van der Waals surface area (Å²) in [6.07, 6.45) is 2.21. The fraction of sp³-hybridized carbons (Fsp3) is 0.208. The number of fused-ring (bicyclic) bond motifs is 1. The van der Waals surface area contributed by atoms with Crippen molar-refractivity contribution in [3.63, 3.8) is 0 Å². The van der Waals surface area contributed by atoms with Crippen LogP contribution in [0.1, 0.15) is 16.1 Å². The molecule has 4 rings (SSSR count). The molecule has 0 atom stereocenters. The van der Waals surface area contributed by atoms with E-state index in [1.807, 2.05) is 12.1 Å². The van der Waals surface area contributed by atoms with Gasteiger partial charge in [0.1, 0.15) is 28.7 Å². The zero-order chi connectivity index (χ0) is 23.4. The molecule has 0 aliphatic carbocycles. The summed E-state index contributed by atoms with van der Waals surface area (Å²) in [6, 6.07) is 13.7. The third-order valence-corrected chi connectivity index (χ3v) is 5.27. The van der Waals surface area contributed by atoms with Crippen LogP contribution in [0, 0.1) is 0 Å². The number of nitrogens with zero attached hydrogens (tertiary/aromatic N) is 2. The first-order valence-corrected chi connectivity index (χ1v) is 10.3. The minimum Gasteiger partial charge on any atom is -0.497 e. The predicted octanol–water partition coefficient (Wildman–Crippen LogP) is 3.85. The molecule has 9 heteroatoms. The quantitative estimate of drug-likeness (QED) is 0.594. The van der Waals surface area contributed by atoms with Gasteiger partial charge in [-0.3, -0.25) is 14.7 Å².